The van der Waals surface area contributed by atoms with Crippen molar-refractivity contribution in [3.63, 3.8) is 0 Å². The number of ether oxygens (including phenoxy) is 1. The lowest BCUT2D eigenvalue weighted by molar-refractivity contribution is 0.0993. The highest BCUT2D eigenvalue weighted by atomic mass is 16.5. The SMILES string of the molecule is CNCC(=O)c1cc(C)c(OC)c(C(C)(C)C)c1. The average molecular weight is 249 g/mol. The van der Waals surface area contributed by atoms with E-state index < -0.39 is 0 Å². The maximum atomic E-state index is 12.0. The van der Waals surface area contributed by atoms with Gasteiger partial charge in [-0.05, 0) is 37.1 Å². The number of Topliss-reactive ketones (excluding diaryl/α,β-unsaturated/α-hetero) is 1. The largest absolute Gasteiger partial charge is 0.496 e. The van der Waals surface area contributed by atoms with Crippen LogP contribution >= 0.6 is 0 Å². The molecule has 0 radical (unpaired) electrons. The molecule has 1 N–H and O–H groups in total. The summed E-state index contributed by atoms with van der Waals surface area (Å²) in [6.45, 7) is 8.70. The molecular formula is C15H23NO2. The molecule has 0 saturated heterocycles. The van der Waals surface area contributed by atoms with Gasteiger partial charge in [-0.1, -0.05) is 20.8 Å². The van der Waals surface area contributed by atoms with E-state index in [1.165, 1.54) is 0 Å². The van der Waals surface area contributed by atoms with Crippen molar-refractivity contribution in [2.24, 2.45) is 0 Å². The number of carbonyl (C=O) groups excluding carboxylic acids is 1. The molecule has 1 aromatic carbocycles. The lowest BCUT2D eigenvalue weighted by atomic mass is 9.83. The number of ketones is 1. The van der Waals surface area contributed by atoms with Crippen LogP contribution in [0.5, 0.6) is 5.75 Å². The minimum absolute atomic E-state index is 0.0496. The highest BCUT2D eigenvalue weighted by Gasteiger charge is 2.22. The maximum absolute atomic E-state index is 12.0. The zero-order valence-corrected chi connectivity index (χ0v) is 12.2. The van der Waals surface area contributed by atoms with Gasteiger partial charge in [0.25, 0.3) is 0 Å². The Balaban J connectivity index is 3.35. The number of carbonyl (C=O) groups is 1. The fraction of sp³-hybridized carbons (Fsp3) is 0.533. The van der Waals surface area contributed by atoms with Gasteiger partial charge in [0.2, 0.25) is 0 Å². The van der Waals surface area contributed by atoms with Gasteiger partial charge in [-0.25, -0.2) is 0 Å². The third-order valence-electron chi connectivity index (χ3n) is 2.95. The van der Waals surface area contributed by atoms with E-state index >= 15 is 0 Å². The number of likely N-dealkylation sites (N-methyl/N-ethyl adjacent to an activating group) is 1. The Hall–Kier alpha value is -1.35. The monoisotopic (exact) mass is 249 g/mol. The molecule has 3 heteroatoms. The molecule has 0 aromatic heterocycles. The van der Waals surface area contributed by atoms with Crippen LogP contribution in [0.15, 0.2) is 12.1 Å². The molecule has 18 heavy (non-hydrogen) atoms. The Morgan fingerprint density at radius 1 is 1.33 bits per heavy atom. The van der Waals surface area contributed by atoms with Gasteiger partial charge in [0.1, 0.15) is 5.75 Å². The van der Waals surface area contributed by atoms with Crippen LogP contribution in [0.4, 0.5) is 0 Å². The summed E-state index contributed by atoms with van der Waals surface area (Å²) in [6, 6.07) is 3.85. The lowest BCUT2D eigenvalue weighted by Crippen LogP contribution is -2.20. The second kappa shape index (κ2) is 5.53. The summed E-state index contributed by atoms with van der Waals surface area (Å²) in [5.74, 6) is 0.984. The molecule has 3 nitrogen and oxygen atoms in total. The fourth-order valence-electron chi connectivity index (χ4n) is 2.03. The molecule has 0 saturated carbocycles. The number of nitrogens with one attached hydrogen (secondary N) is 1. The normalized spacial score (nSPS) is 11.4. The molecule has 0 aliphatic carbocycles. The number of hydrogen-bond acceptors (Lipinski definition) is 3. The Morgan fingerprint density at radius 2 is 1.94 bits per heavy atom. The number of rotatable bonds is 4. The number of hydrogen-bond donors (Lipinski definition) is 1. The van der Waals surface area contributed by atoms with Gasteiger partial charge < -0.3 is 10.1 Å². The van der Waals surface area contributed by atoms with Crippen LogP contribution in [-0.2, 0) is 5.41 Å². The van der Waals surface area contributed by atoms with Crippen LogP contribution in [0.2, 0.25) is 0 Å². The zero-order chi connectivity index (χ0) is 13.9. The minimum Gasteiger partial charge on any atom is -0.496 e. The molecule has 0 bridgehead atoms. The van der Waals surface area contributed by atoms with Gasteiger partial charge in [0.15, 0.2) is 5.78 Å². The molecule has 0 amide bonds. The van der Waals surface area contributed by atoms with Crippen molar-refractivity contribution in [3.05, 3.63) is 28.8 Å². The van der Waals surface area contributed by atoms with E-state index in [0.29, 0.717) is 6.54 Å². The highest BCUT2D eigenvalue weighted by Crippen LogP contribution is 2.34. The molecule has 1 aromatic rings. The van der Waals surface area contributed by atoms with Gasteiger partial charge in [-0.3, -0.25) is 4.79 Å². The first-order valence-electron chi connectivity index (χ1n) is 6.18. The average Bonchev–Trinajstić information content (AvgIpc) is 2.27. The molecule has 0 aliphatic heterocycles. The Labute approximate surface area is 110 Å². The smallest absolute Gasteiger partial charge is 0.176 e. The summed E-state index contributed by atoms with van der Waals surface area (Å²) < 4.78 is 5.47. The second-order valence-corrected chi connectivity index (χ2v) is 5.58. The van der Waals surface area contributed by atoms with E-state index in [4.69, 9.17) is 4.74 Å². The Bertz CT molecular complexity index is 445. The molecule has 0 heterocycles. The van der Waals surface area contributed by atoms with Crippen molar-refractivity contribution in [2.45, 2.75) is 33.1 Å². The summed E-state index contributed by atoms with van der Waals surface area (Å²) in [5, 5.41) is 2.89. The van der Waals surface area contributed by atoms with E-state index in [0.717, 1.165) is 22.4 Å². The van der Waals surface area contributed by atoms with Gasteiger partial charge >= 0.3 is 0 Å². The predicted molar refractivity (Wildman–Crippen MR) is 74.7 cm³/mol. The Morgan fingerprint density at radius 3 is 2.39 bits per heavy atom. The van der Waals surface area contributed by atoms with Crippen molar-refractivity contribution < 1.29 is 9.53 Å². The van der Waals surface area contributed by atoms with E-state index in [9.17, 15) is 4.79 Å². The van der Waals surface area contributed by atoms with Crippen LogP contribution < -0.4 is 10.1 Å². The third kappa shape index (κ3) is 3.10. The van der Waals surface area contributed by atoms with Crippen LogP contribution in [-0.4, -0.2) is 26.5 Å². The molecule has 0 atom stereocenters. The highest BCUT2D eigenvalue weighted by molar-refractivity contribution is 5.98. The molecule has 0 aliphatic rings. The van der Waals surface area contributed by atoms with Crippen LogP contribution in [0.25, 0.3) is 0 Å². The molecular weight excluding hydrogens is 226 g/mol. The van der Waals surface area contributed by atoms with E-state index in [1.54, 1.807) is 14.2 Å². The molecule has 0 fully saturated rings. The zero-order valence-electron chi connectivity index (χ0n) is 12.2. The van der Waals surface area contributed by atoms with Gasteiger partial charge in [0.05, 0.1) is 13.7 Å². The maximum Gasteiger partial charge on any atom is 0.176 e. The summed E-state index contributed by atoms with van der Waals surface area (Å²) in [5.41, 5.74) is 2.77. The standard InChI is InChI=1S/C15H23NO2/c1-10-7-11(13(17)9-16-5)8-12(14(10)18-6)15(2,3)4/h7-8,16H,9H2,1-6H3. The first kappa shape index (κ1) is 14.7. The number of methoxy groups -OCH3 is 1. The molecule has 0 unspecified atom stereocenters. The first-order chi connectivity index (χ1) is 8.31. The van der Waals surface area contributed by atoms with Crippen molar-refractivity contribution in [3.8, 4) is 5.75 Å². The second-order valence-electron chi connectivity index (χ2n) is 5.58. The quantitative estimate of drug-likeness (QED) is 0.834. The lowest BCUT2D eigenvalue weighted by Gasteiger charge is -2.24. The minimum atomic E-state index is -0.0496. The predicted octanol–water partition coefficient (Wildman–Crippen LogP) is 2.70. The molecule has 100 valence electrons. The topological polar surface area (TPSA) is 38.3 Å². The fourth-order valence-corrected chi connectivity index (χ4v) is 2.03. The molecule has 1 rings (SSSR count). The van der Waals surface area contributed by atoms with E-state index in [1.807, 2.05) is 19.1 Å². The number of benzene rings is 1. The Kier molecular flexibility index (Phi) is 4.52. The summed E-state index contributed by atoms with van der Waals surface area (Å²) in [4.78, 5) is 12.0. The van der Waals surface area contributed by atoms with Crippen molar-refractivity contribution >= 4 is 5.78 Å². The van der Waals surface area contributed by atoms with Gasteiger partial charge in [-0.15, -0.1) is 0 Å². The van der Waals surface area contributed by atoms with Gasteiger partial charge in [0, 0.05) is 11.1 Å². The summed E-state index contributed by atoms with van der Waals surface area (Å²) in [7, 11) is 3.45. The van der Waals surface area contributed by atoms with E-state index in [2.05, 4.69) is 26.1 Å². The van der Waals surface area contributed by atoms with E-state index in [-0.39, 0.29) is 11.2 Å². The first-order valence-corrected chi connectivity index (χ1v) is 6.18. The summed E-state index contributed by atoms with van der Waals surface area (Å²) in [6.07, 6.45) is 0. The van der Waals surface area contributed by atoms with Crippen molar-refractivity contribution in [2.75, 3.05) is 20.7 Å². The van der Waals surface area contributed by atoms with Crippen molar-refractivity contribution in [1.82, 2.24) is 5.32 Å². The summed E-state index contributed by atoms with van der Waals surface area (Å²) >= 11 is 0. The molecule has 0 spiro atoms. The van der Waals surface area contributed by atoms with Gasteiger partial charge in [-0.2, -0.15) is 0 Å². The van der Waals surface area contributed by atoms with Crippen LogP contribution in [0, 0.1) is 6.92 Å². The van der Waals surface area contributed by atoms with Crippen LogP contribution in [0.1, 0.15) is 42.3 Å². The van der Waals surface area contributed by atoms with Crippen LogP contribution in [0.3, 0.4) is 0 Å². The van der Waals surface area contributed by atoms with Crippen molar-refractivity contribution in [1.29, 1.82) is 0 Å². The third-order valence-corrected chi connectivity index (χ3v) is 2.95. The number of aryl methyl sites for hydroxylation is 1.